The van der Waals surface area contributed by atoms with Crippen molar-refractivity contribution in [3.8, 4) is 16.5 Å². The number of hydrogen-bond donors (Lipinski definition) is 1. The number of carboxylic acid groups (broad SMARTS) is 1. The van der Waals surface area contributed by atoms with Gasteiger partial charge in [-0.1, -0.05) is 0 Å². The van der Waals surface area contributed by atoms with Gasteiger partial charge in [-0.2, -0.15) is 0 Å². The largest absolute Gasteiger partial charge is 0.491 e. The number of carbonyl (C=O) groups is 1. The molecule has 3 rings (SSSR count). The van der Waals surface area contributed by atoms with E-state index in [-0.39, 0.29) is 11.0 Å². The summed E-state index contributed by atoms with van der Waals surface area (Å²) in [6.45, 7) is 5.60. The molecule has 0 saturated carbocycles. The Morgan fingerprint density at radius 3 is 2.74 bits per heavy atom. The Bertz CT molecular complexity index is 897. The zero-order valence-corrected chi connectivity index (χ0v) is 15.1. The summed E-state index contributed by atoms with van der Waals surface area (Å²) in [4.78, 5) is 15.7. The van der Waals surface area contributed by atoms with Crippen molar-refractivity contribution >= 4 is 44.2 Å². The summed E-state index contributed by atoms with van der Waals surface area (Å²) in [5, 5.41) is 10.6. The second-order valence-electron chi connectivity index (χ2n) is 5.34. The second kappa shape index (κ2) is 5.98. The highest BCUT2D eigenvalue weighted by atomic mass is 79.9. The van der Waals surface area contributed by atoms with Crippen molar-refractivity contribution < 1.29 is 19.1 Å². The van der Waals surface area contributed by atoms with Crippen molar-refractivity contribution in [3.05, 3.63) is 33.2 Å². The van der Waals surface area contributed by atoms with Crippen LogP contribution in [0, 0.1) is 6.92 Å². The summed E-state index contributed by atoms with van der Waals surface area (Å²) in [6, 6.07) is 5.59. The lowest BCUT2D eigenvalue weighted by Crippen LogP contribution is -2.05. The van der Waals surface area contributed by atoms with Crippen molar-refractivity contribution in [2.75, 3.05) is 0 Å². The van der Waals surface area contributed by atoms with Gasteiger partial charge >= 0.3 is 5.97 Å². The molecular formula is C16H14BrNO4S. The fraction of sp³-hybridized carbons (Fsp3) is 0.250. The number of rotatable bonds is 4. The van der Waals surface area contributed by atoms with Crippen LogP contribution in [0.15, 0.2) is 27.1 Å². The lowest BCUT2D eigenvalue weighted by Gasteiger charge is -2.09. The van der Waals surface area contributed by atoms with E-state index < -0.39 is 5.97 Å². The number of nitrogens with zero attached hydrogens (tertiary/aromatic N) is 1. The topological polar surface area (TPSA) is 72.6 Å². The lowest BCUT2D eigenvalue weighted by atomic mass is 10.2. The molecule has 2 aromatic heterocycles. The smallest absolute Gasteiger partial charge is 0.347 e. The fourth-order valence-corrected chi connectivity index (χ4v) is 3.62. The normalized spacial score (nSPS) is 11.3. The molecule has 0 amide bonds. The van der Waals surface area contributed by atoms with Crippen LogP contribution >= 0.6 is 27.3 Å². The van der Waals surface area contributed by atoms with Crippen LogP contribution in [0.2, 0.25) is 0 Å². The predicted molar refractivity (Wildman–Crippen MR) is 92.5 cm³/mol. The van der Waals surface area contributed by atoms with Crippen molar-refractivity contribution in [2.45, 2.75) is 26.9 Å². The molecule has 0 fully saturated rings. The third-order valence-corrected chi connectivity index (χ3v) is 4.87. The van der Waals surface area contributed by atoms with Crippen LogP contribution in [0.1, 0.15) is 29.2 Å². The van der Waals surface area contributed by atoms with Crippen molar-refractivity contribution in [2.24, 2.45) is 0 Å². The molecule has 0 atom stereocenters. The minimum atomic E-state index is -0.976. The summed E-state index contributed by atoms with van der Waals surface area (Å²) in [5.41, 5.74) is 1.17. The SMILES string of the molecule is Cc1nc(-c2cc3cc(OC(C)C)cc(Br)c3o2)sc1C(=O)O. The summed E-state index contributed by atoms with van der Waals surface area (Å²) in [7, 11) is 0. The van der Waals surface area contributed by atoms with Gasteiger partial charge in [-0.3, -0.25) is 0 Å². The third-order valence-electron chi connectivity index (χ3n) is 3.12. The van der Waals surface area contributed by atoms with Gasteiger partial charge in [0, 0.05) is 5.39 Å². The quantitative estimate of drug-likeness (QED) is 0.663. The molecule has 0 aliphatic rings. The number of aromatic nitrogens is 1. The van der Waals surface area contributed by atoms with E-state index in [1.807, 2.05) is 32.0 Å². The molecule has 23 heavy (non-hydrogen) atoms. The Hall–Kier alpha value is -1.86. The molecule has 5 nitrogen and oxygen atoms in total. The highest BCUT2D eigenvalue weighted by molar-refractivity contribution is 9.10. The molecular weight excluding hydrogens is 382 g/mol. The Balaban J connectivity index is 2.08. The van der Waals surface area contributed by atoms with Gasteiger partial charge in [0.2, 0.25) is 0 Å². The van der Waals surface area contributed by atoms with Gasteiger partial charge in [-0.15, -0.1) is 11.3 Å². The maximum atomic E-state index is 11.2. The maximum absolute atomic E-state index is 11.2. The predicted octanol–water partition coefficient (Wildman–Crippen LogP) is 5.11. The third kappa shape index (κ3) is 3.11. The minimum Gasteiger partial charge on any atom is -0.491 e. The summed E-state index contributed by atoms with van der Waals surface area (Å²) in [6.07, 6.45) is 0.0745. The fourth-order valence-electron chi connectivity index (χ4n) is 2.23. The molecule has 1 N–H and O–H groups in total. The number of ether oxygens (including phenoxy) is 1. The van der Waals surface area contributed by atoms with Crippen LogP contribution in [0.25, 0.3) is 21.7 Å². The zero-order valence-electron chi connectivity index (χ0n) is 12.7. The number of thiazole rings is 1. The number of aryl methyl sites for hydroxylation is 1. The zero-order chi connectivity index (χ0) is 16.7. The molecule has 0 unspecified atom stereocenters. The number of benzene rings is 1. The van der Waals surface area contributed by atoms with Gasteiger partial charge in [-0.05, 0) is 54.9 Å². The summed E-state index contributed by atoms with van der Waals surface area (Å²) >= 11 is 4.59. The van der Waals surface area contributed by atoms with Crippen LogP contribution in [-0.4, -0.2) is 22.2 Å². The van der Waals surface area contributed by atoms with Gasteiger partial charge in [-0.25, -0.2) is 9.78 Å². The molecule has 0 aliphatic heterocycles. The van der Waals surface area contributed by atoms with Crippen LogP contribution in [-0.2, 0) is 0 Å². The van der Waals surface area contributed by atoms with Crippen molar-refractivity contribution in [1.29, 1.82) is 0 Å². The molecule has 1 aromatic carbocycles. The first-order chi connectivity index (χ1) is 10.8. The highest BCUT2D eigenvalue weighted by Crippen LogP contribution is 2.37. The molecule has 0 aliphatic carbocycles. The number of carboxylic acids is 1. The molecule has 0 saturated heterocycles. The molecule has 0 bridgehead atoms. The number of halogens is 1. The molecule has 7 heteroatoms. The van der Waals surface area contributed by atoms with Crippen molar-refractivity contribution in [1.82, 2.24) is 4.98 Å². The number of furan rings is 1. The van der Waals surface area contributed by atoms with E-state index >= 15 is 0 Å². The number of hydrogen-bond acceptors (Lipinski definition) is 5. The highest BCUT2D eigenvalue weighted by Gasteiger charge is 2.18. The number of fused-ring (bicyclic) bond motifs is 1. The Morgan fingerprint density at radius 2 is 2.13 bits per heavy atom. The molecule has 0 spiro atoms. The number of aromatic carboxylic acids is 1. The standard InChI is InChI=1S/C16H14BrNO4S/c1-7(2)21-10-4-9-5-12(22-13(9)11(17)6-10)15-18-8(3)14(23-15)16(19)20/h4-7H,1-3H3,(H,19,20). The van der Waals surface area contributed by atoms with E-state index in [9.17, 15) is 4.79 Å². The lowest BCUT2D eigenvalue weighted by molar-refractivity contribution is 0.0701. The minimum absolute atomic E-state index is 0.0745. The first-order valence-corrected chi connectivity index (χ1v) is 8.57. The maximum Gasteiger partial charge on any atom is 0.347 e. The van der Waals surface area contributed by atoms with Crippen LogP contribution in [0.3, 0.4) is 0 Å². The van der Waals surface area contributed by atoms with E-state index in [0.29, 0.717) is 22.0 Å². The van der Waals surface area contributed by atoms with E-state index in [2.05, 4.69) is 20.9 Å². The van der Waals surface area contributed by atoms with E-state index in [4.69, 9.17) is 14.3 Å². The van der Waals surface area contributed by atoms with E-state index in [0.717, 1.165) is 26.9 Å². The van der Waals surface area contributed by atoms with Gasteiger partial charge in [0.05, 0.1) is 16.3 Å². The average molecular weight is 396 g/mol. The van der Waals surface area contributed by atoms with Crippen LogP contribution < -0.4 is 4.74 Å². The van der Waals surface area contributed by atoms with Crippen molar-refractivity contribution in [3.63, 3.8) is 0 Å². The Kier molecular flexibility index (Phi) is 4.16. The molecule has 3 aromatic rings. The van der Waals surface area contributed by atoms with Crippen LogP contribution in [0.4, 0.5) is 0 Å². The second-order valence-corrected chi connectivity index (χ2v) is 7.19. The Labute approximate surface area is 145 Å². The molecule has 0 radical (unpaired) electrons. The van der Waals surface area contributed by atoms with Gasteiger partial charge in [0.1, 0.15) is 16.2 Å². The summed E-state index contributed by atoms with van der Waals surface area (Å²) < 4.78 is 12.3. The molecule has 120 valence electrons. The first kappa shape index (κ1) is 16.0. The first-order valence-electron chi connectivity index (χ1n) is 6.96. The van der Waals surface area contributed by atoms with E-state index in [1.165, 1.54) is 0 Å². The van der Waals surface area contributed by atoms with Gasteiger partial charge < -0.3 is 14.3 Å². The molecule has 2 heterocycles. The van der Waals surface area contributed by atoms with Gasteiger partial charge in [0.25, 0.3) is 0 Å². The monoisotopic (exact) mass is 395 g/mol. The Morgan fingerprint density at radius 1 is 1.39 bits per heavy atom. The average Bonchev–Trinajstić information content (AvgIpc) is 3.01. The van der Waals surface area contributed by atoms with Gasteiger partial charge in [0.15, 0.2) is 10.8 Å². The van der Waals surface area contributed by atoms with E-state index in [1.54, 1.807) is 6.92 Å². The summed E-state index contributed by atoms with van der Waals surface area (Å²) in [5.74, 6) is 0.312. The van der Waals surface area contributed by atoms with Crippen LogP contribution in [0.5, 0.6) is 5.75 Å².